The van der Waals surface area contributed by atoms with Crippen LogP contribution < -0.4 is 10.0 Å². The number of anilines is 1. The number of halogens is 3. The lowest BCUT2D eigenvalue weighted by atomic mass is 10.1. The molecule has 0 radical (unpaired) electrons. The van der Waals surface area contributed by atoms with Gasteiger partial charge < -0.3 is 10.4 Å². The summed E-state index contributed by atoms with van der Waals surface area (Å²) in [5, 5.41) is 15.5. The molecule has 12 heteroatoms. The SMILES string of the molecule is O=S(=O)(Nc1ccc(CCNC[C@H](O)c2cccnc2)cc1)c1ccc(-c2nc(-c3cc(F)c(F)c(F)c3)cs2)cc1. The maximum absolute atomic E-state index is 13.6. The minimum atomic E-state index is -3.86. The number of hydrogen-bond donors (Lipinski definition) is 3. The summed E-state index contributed by atoms with van der Waals surface area (Å²) in [6.45, 7) is 1.02. The number of thiazole rings is 1. The highest BCUT2D eigenvalue weighted by Crippen LogP contribution is 2.31. The summed E-state index contributed by atoms with van der Waals surface area (Å²) >= 11 is 1.20. The van der Waals surface area contributed by atoms with E-state index in [4.69, 9.17) is 0 Å². The van der Waals surface area contributed by atoms with Crippen LogP contribution in [-0.4, -0.2) is 36.6 Å². The van der Waals surface area contributed by atoms with Gasteiger partial charge in [-0.2, -0.15) is 0 Å². The third-order valence-electron chi connectivity index (χ3n) is 6.40. The number of pyridine rings is 1. The van der Waals surface area contributed by atoms with Crippen molar-refractivity contribution in [3.8, 4) is 21.8 Å². The lowest BCUT2D eigenvalue weighted by Gasteiger charge is -2.12. The topological polar surface area (TPSA) is 104 Å². The quantitative estimate of drug-likeness (QED) is 0.126. The van der Waals surface area contributed by atoms with E-state index in [9.17, 15) is 26.7 Å². The normalized spacial score (nSPS) is 12.3. The van der Waals surface area contributed by atoms with Gasteiger partial charge in [-0.25, -0.2) is 26.6 Å². The van der Waals surface area contributed by atoms with Gasteiger partial charge in [0.1, 0.15) is 5.01 Å². The molecule has 7 nitrogen and oxygen atoms in total. The van der Waals surface area contributed by atoms with Crippen LogP contribution in [-0.2, 0) is 16.4 Å². The van der Waals surface area contributed by atoms with Crippen molar-refractivity contribution in [2.75, 3.05) is 17.8 Å². The van der Waals surface area contributed by atoms with Crippen LogP contribution >= 0.6 is 11.3 Å². The predicted octanol–water partition coefficient (Wildman–Crippen LogP) is 5.96. The fourth-order valence-electron chi connectivity index (χ4n) is 4.13. The van der Waals surface area contributed by atoms with Gasteiger partial charge in [-0.05, 0) is 61.0 Å². The molecule has 0 amide bonds. The second-order valence-electron chi connectivity index (χ2n) is 9.37. The summed E-state index contributed by atoms with van der Waals surface area (Å²) in [5.74, 6) is -4.15. The summed E-state index contributed by atoms with van der Waals surface area (Å²) in [4.78, 5) is 8.41. The Hall–Kier alpha value is -4.10. The van der Waals surface area contributed by atoms with E-state index in [1.165, 1.54) is 23.5 Å². The van der Waals surface area contributed by atoms with Gasteiger partial charge in [-0.3, -0.25) is 9.71 Å². The Morgan fingerprint density at radius 3 is 2.31 bits per heavy atom. The van der Waals surface area contributed by atoms with Crippen LogP contribution in [0, 0.1) is 17.5 Å². The molecule has 216 valence electrons. The van der Waals surface area contributed by atoms with Crippen molar-refractivity contribution in [1.29, 1.82) is 0 Å². The molecule has 0 aliphatic carbocycles. The van der Waals surface area contributed by atoms with Crippen molar-refractivity contribution < 1.29 is 26.7 Å². The molecule has 1 atom stereocenters. The highest BCUT2D eigenvalue weighted by molar-refractivity contribution is 7.92. The molecular formula is C30H25F3N4O3S2. The smallest absolute Gasteiger partial charge is 0.261 e. The monoisotopic (exact) mass is 610 g/mol. The van der Waals surface area contributed by atoms with E-state index >= 15 is 0 Å². The van der Waals surface area contributed by atoms with Gasteiger partial charge in [0.2, 0.25) is 0 Å². The molecular weight excluding hydrogens is 585 g/mol. The molecule has 5 rings (SSSR count). The van der Waals surface area contributed by atoms with Crippen LogP contribution in [0.5, 0.6) is 0 Å². The number of aromatic nitrogens is 2. The zero-order chi connectivity index (χ0) is 29.7. The Morgan fingerprint density at radius 1 is 0.929 bits per heavy atom. The van der Waals surface area contributed by atoms with E-state index in [1.807, 2.05) is 18.2 Å². The standard InChI is InChI=1S/C30H25F3N4O3S2/c31-25-14-22(15-26(32)29(25)33)27-18-41-30(36-27)20-5-9-24(10-6-20)42(39,40)37-23-7-3-19(4-8-23)11-13-35-17-28(38)21-2-1-12-34-16-21/h1-10,12,14-16,18,28,35,37-38H,11,13,17H2/t28-/m0/s1. The molecule has 0 bridgehead atoms. The first-order valence-corrected chi connectivity index (χ1v) is 15.2. The van der Waals surface area contributed by atoms with Gasteiger partial charge in [0.05, 0.1) is 16.7 Å². The fraction of sp³-hybridized carbons (Fsp3) is 0.133. The maximum Gasteiger partial charge on any atom is 0.261 e. The molecule has 2 aromatic heterocycles. The van der Waals surface area contributed by atoms with E-state index < -0.39 is 33.6 Å². The van der Waals surface area contributed by atoms with E-state index in [1.54, 1.807) is 48.1 Å². The molecule has 0 aliphatic rings. The zero-order valence-electron chi connectivity index (χ0n) is 22.0. The van der Waals surface area contributed by atoms with Crippen LogP contribution in [0.25, 0.3) is 21.8 Å². The predicted molar refractivity (Wildman–Crippen MR) is 156 cm³/mol. The van der Waals surface area contributed by atoms with Gasteiger partial charge in [-0.1, -0.05) is 30.3 Å². The Bertz CT molecular complexity index is 1740. The van der Waals surface area contributed by atoms with Crippen LogP contribution in [0.2, 0.25) is 0 Å². The van der Waals surface area contributed by atoms with Crippen LogP contribution in [0.4, 0.5) is 18.9 Å². The van der Waals surface area contributed by atoms with E-state index in [2.05, 4.69) is 20.0 Å². The Labute approximate surface area is 244 Å². The zero-order valence-corrected chi connectivity index (χ0v) is 23.6. The minimum absolute atomic E-state index is 0.0474. The first-order chi connectivity index (χ1) is 20.2. The highest BCUT2D eigenvalue weighted by atomic mass is 32.2. The Morgan fingerprint density at radius 2 is 1.64 bits per heavy atom. The van der Waals surface area contributed by atoms with Crippen molar-refractivity contribution in [1.82, 2.24) is 15.3 Å². The number of aliphatic hydroxyl groups is 1. The number of aliphatic hydroxyl groups excluding tert-OH is 1. The van der Waals surface area contributed by atoms with E-state index in [0.29, 0.717) is 35.8 Å². The third-order valence-corrected chi connectivity index (χ3v) is 8.69. The molecule has 0 unspecified atom stereocenters. The van der Waals surface area contributed by atoms with Crippen LogP contribution in [0.15, 0.2) is 95.5 Å². The van der Waals surface area contributed by atoms with Gasteiger partial charge in [0.15, 0.2) is 17.5 Å². The second-order valence-corrected chi connectivity index (χ2v) is 11.9. The summed E-state index contributed by atoms with van der Waals surface area (Å²) in [7, 11) is -3.86. The van der Waals surface area contributed by atoms with Crippen molar-refractivity contribution in [3.63, 3.8) is 0 Å². The van der Waals surface area contributed by atoms with Crippen molar-refractivity contribution in [2.45, 2.75) is 17.4 Å². The number of benzene rings is 3. The third kappa shape index (κ3) is 7.02. The van der Waals surface area contributed by atoms with Crippen molar-refractivity contribution in [3.05, 3.63) is 119 Å². The van der Waals surface area contributed by atoms with Crippen LogP contribution in [0.3, 0.4) is 0 Å². The molecule has 3 N–H and O–H groups in total. The molecule has 42 heavy (non-hydrogen) atoms. The largest absolute Gasteiger partial charge is 0.387 e. The number of hydrogen-bond acceptors (Lipinski definition) is 7. The average Bonchev–Trinajstić information content (AvgIpc) is 3.49. The van der Waals surface area contributed by atoms with Crippen molar-refractivity contribution in [2.24, 2.45) is 0 Å². The van der Waals surface area contributed by atoms with Gasteiger partial charge in [0.25, 0.3) is 10.0 Å². The summed E-state index contributed by atoms with van der Waals surface area (Å²) in [5.41, 5.74) is 3.13. The minimum Gasteiger partial charge on any atom is -0.387 e. The number of nitrogens with one attached hydrogen (secondary N) is 2. The lowest BCUT2D eigenvalue weighted by molar-refractivity contribution is 0.174. The van der Waals surface area contributed by atoms with E-state index in [0.717, 1.165) is 23.3 Å². The molecule has 5 aromatic rings. The summed E-state index contributed by atoms with van der Waals surface area (Å²) in [6, 6.07) is 18.4. The summed E-state index contributed by atoms with van der Waals surface area (Å²) < 4.78 is 68.9. The molecule has 0 spiro atoms. The molecule has 0 aliphatic heterocycles. The van der Waals surface area contributed by atoms with Crippen molar-refractivity contribution >= 4 is 27.0 Å². The first kappa shape index (κ1) is 29.4. The van der Waals surface area contributed by atoms with E-state index in [-0.39, 0.29) is 16.2 Å². The molecule has 0 saturated carbocycles. The number of rotatable bonds is 11. The lowest BCUT2D eigenvalue weighted by Crippen LogP contribution is -2.23. The average molecular weight is 611 g/mol. The Kier molecular flexibility index (Phi) is 8.97. The molecule has 2 heterocycles. The fourth-order valence-corrected chi connectivity index (χ4v) is 6.03. The highest BCUT2D eigenvalue weighted by Gasteiger charge is 2.17. The molecule has 3 aromatic carbocycles. The maximum atomic E-state index is 13.6. The van der Waals surface area contributed by atoms with Gasteiger partial charge in [0, 0.05) is 46.7 Å². The van der Waals surface area contributed by atoms with Gasteiger partial charge >= 0.3 is 0 Å². The second kappa shape index (κ2) is 12.8. The Balaban J connectivity index is 1.16. The summed E-state index contributed by atoms with van der Waals surface area (Å²) in [6.07, 6.45) is 3.32. The number of nitrogens with zero attached hydrogens (tertiary/aromatic N) is 2. The first-order valence-electron chi connectivity index (χ1n) is 12.8. The van der Waals surface area contributed by atoms with Crippen LogP contribution in [0.1, 0.15) is 17.2 Å². The molecule has 0 fully saturated rings. The van der Waals surface area contributed by atoms with Gasteiger partial charge in [-0.15, -0.1) is 11.3 Å². The molecule has 0 saturated heterocycles. The number of sulfonamides is 1.